The number of aliphatic hydroxyl groups excluding tert-OH is 1. The molecular formula is C23H29FN6O2. The first-order chi connectivity index (χ1) is 15.5. The maximum absolute atomic E-state index is 14.7. The number of nitrogens with one attached hydrogen (secondary N) is 1. The Labute approximate surface area is 186 Å². The predicted molar refractivity (Wildman–Crippen MR) is 120 cm³/mol. The van der Waals surface area contributed by atoms with Gasteiger partial charge in [-0.1, -0.05) is 0 Å². The van der Waals surface area contributed by atoms with Gasteiger partial charge in [0.05, 0.1) is 31.0 Å². The molecule has 0 radical (unpaired) electrons. The van der Waals surface area contributed by atoms with Gasteiger partial charge >= 0.3 is 0 Å². The third kappa shape index (κ3) is 3.96. The zero-order valence-corrected chi connectivity index (χ0v) is 18.5. The van der Waals surface area contributed by atoms with Crippen LogP contribution in [-0.2, 0) is 4.74 Å². The summed E-state index contributed by atoms with van der Waals surface area (Å²) in [6.45, 7) is 6.91. The molecule has 2 aliphatic rings. The lowest BCUT2D eigenvalue weighted by Crippen LogP contribution is -2.44. The number of morpholine rings is 1. The number of aliphatic hydroxyl groups is 1. The molecule has 2 saturated heterocycles. The zero-order valence-electron chi connectivity index (χ0n) is 18.5. The van der Waals surface area contributed by atoms with E-state index in [1.54, 1.807) is 0 Å². The number of anilines is 1. The minimum atomic E-state index is -0.898. The summed E-state index contributed by atoms with van der Waals surface area (Å²) in [6, 6.07) is 6.08. The van der Waals surface area contributed by atoms with Gasteiger partial charge in [-0.2, -0.15) is 5.10 Å². The molecule has 4 heterocycles. The van der Waals surface area contributed by atoms with E-state index in [2.05, 4.69) is 37.4 Å². The molecule has 3 aromatic rings. The summed E-state index contributed by atoms with van der Waals surface area (Å²) in [7, 11) is 0. The number of benzene rings is 1. The molecule has 2 aliphatic heterocycles. The van der Waals surface area contributed by atoms with Crippen molar-refractivity contribution in [3.8, 4) is 5.82 Å². The van der Waals surface area contributed by atoms with Gasteiger partial charge in [-0.05, 0) is 50.1 Å². The molecule has 1 aromatic carbocycles. The van der Waals surface area contributed by atoms with Gasteiger partial charge in [0.25, 0.3) is 0 Å². The van der Waals surface area contributed by atoms with Crippen LogP contribution in [0.25, 0.3) is 16.7 Å². The maximum Gasteiger partial charge on any atom is 0.159 e. The Morgan fingerprint density at radius 2 is 2.06 bits per heavy atom. The number of piperidine rings is 1. The van der Waals surface area contributed by atoms with Crippen LogP contribution in [0, 0.1) is 13.8 Å². The highest BCUT2D eigenvalue weighted by molar-refractivity contribution is 5.82. The second-order valence-electron chi connectivity index (χ2n) is 8.69. The van der Waals surface area contributed by atoms with E-state index in [1.807, 2.05) is 30.8 Å². The van der Waals surface area contributed by atoms with Crippen LogP contribution in [0.2, 0.25) is 0 Å². The highest BCUT2D eigenvalue weighted by atomic mass is 19.1. The van der Waals surface area contributed by atoms with Crippen molar-refractivity contribution in [2.75, 3.05) is 44.3 Å². The highest BCUT2D eigenvalue weighted by Gasteiger charge is 2.28. The monoisotopic (exact) mass is 440 g/mol. The average Bonchev–Trinajstić information content (AvgIpc) is 3.21. The van der Waals surface area contributed by atoms with Gasteiger partial charge in [0.2, 0.25) is 0 Å². The van der Waals surface area contributed by atoms with Crippen molar-refractivity contribution in [3.05, 3.63) is 41.3 Å². The summed E-state index contributed by atoms with van der Waals surface area (Å²) in [5.74, 6) is 1.98. The van der Waals surface area contributed by atoms with Crippen molar-refractivity contribution >= 4 is 16.7 Å². The van der Waals surface area contributed by atoms with E-state index >= 15 is 0 Å². The molecule has 0 spiro atoms. The molecule has 0 unspecified atom stereocenters. The Morgan fingerprint density at radius 1 is 1.22 bits per heavy atom. The fraction of sp³-hybridized carbons (Fsp3) is 0.522. The van der Waals surface area contributed by atoms with Crippen molar-refractivity contribution in [1.82, 2.24) is 25.1 Å². The summed E-state index contributed by atoms with van der Waals surface area (Å²) in [6.07, 6.45) is 1.48. The quantitative estimate of drug-likeness (QED) is 0.642. The molecule has 5 rings (SSSR count). The molecule has 9 heteroatoms. The molecule has 32 heavy (non-hydrogen) atoms. The number of hydrogen-bond donors (Lipinski definition) is 2. The molecule has 0 aliphatic carbocycles. The van der Waals surface area contributed by atoms with Gasteiger partial charge in [-0.15, -0.1) is 0 Å². The lowest BCUT2D eigenvalue weighted by Gasteiger charge is -2.33. The van der Waals surface area contributed by atoms with Crippen LogP contribution < -0.4 is 10.2 Å². The predicted octanol–water partition coefficient (Wildman–Crippen LogP) is 2.04. The normalized spacial score (nSPS) is 24.2. The Kier molecular flexibility index (Phi) is 5.79. The number of aromatic nitrogens is 4. The van der Waals surface area contributed by atoms with Crippen molar-refractivity contribution in [2.45, 2.75) is 38.5 Å². The van der Waals surface area contributed by atoms with Crippen LogP contribution in [0.4, 0.5) is 10.2 Å². The molecule has 0 amide bonds. The van der Waals surface area contributed by atoms with E-state index in [-0.39, 0.29) is 18.6 Å². The first-order valence-corrected chi connectivity index (χ1v) is 11.2. The van der Waals surface area contributed by atoms with Crippen molar-refractivity contribution in [2.24, 2.45) is 0 Å². The van der Waals surface area contributed by atoms with E-state index in [1.165, 1.54) is 0 Å². The third-order valence-electron chi connectivity index (χ3n) is 6.46. The van der Waals surface area contributed by atoms with E-state index in [0.717, 1.165) is 40.8 Å². The van der Waals surface area contributed by atoms with Gasteiger partial charge in [0, 0.05) is 37.0 Å². The van der Waals surface area contributed by atoms with Gasteiger partial charge in [0.1, 0.15) is 17.8 Å². The van der Waals surface area contributed by atoms with Gasteiger partial charge in [-0.25, -0.2) is 19.0 Å². The Morgan fingerprint density at radius 3 is 2.88 bits per heavy atom. The molecule has 2 N–H and O–H groups in total. The van der Waals surface area contributed by atoms with E-state index in [4.69, 9.17) is 4.74 Å². The highest BCUT2D eigenvalue weighted by Crippen LogP contribution is 2.33. The Bertz CT molecular complexity index is 1120. The summed E-state index contributed by atoms with van der Waals surface area (Å²) in [5, 5.41) is 18.2. The molecule has 2 fully saturated rings. The Balaban J connectivity index is 1.54. The molecular weight excluding hydrogens is 411 g/mol. The topological polar surface area (TPSA) is 88.3 Å². The maximum atomic E-state index is 14.7. The molecule has 170 valence electrons. The van der Waals surface area contributed by atoms with Crippen molar-refractivity contribution in [1.29, 1.82) is 0 Å². The summed E-state index contributed by atoms with van der Waals surface area (Å²) < 4.78 is 22.1. The number of rotatable bonds is 4. The number of fused-ring (bicyclic) bond motifs is 1. The van der Waals surface area contributed by atoms with E-state index in [0.29, 0.717) is 37.9 Å². The average molecular weight is 441 g/mol. The van der Waals surface area contributed by atoms with E-state index in [9.17, 15) is 9.50 Å². The fourth-order valence-electron chi connectivity index (χ4n) is 4.80. The standard InChI is InChI=1S/C23H29FN6O2/c1-14-7-16-10-26-30(21(16)8-19(14)18-3-4-25-11-20(18)24)23-9-22(27-15(2)28-23)29-5-6-32-17(12-29)13-31/h7-10,17-18,20,25,31H,3-6,11-13H2,1-2H3/t17-,18-,20-/m0/s1. The van der Waals surface area contributed by atoms with Crippen molar-refractivity contribution < 1.29 is 14.2 Å². The number of aryl methyl sites for hydroxylation is 2. The lowest BCUT2D eigenvalue weighted by atomic mass is 9.85. The van der Waals surface area contributed by atoms with Crippen LogP contribution in [0.1, 0.15) is 29.3 Å². The third-order valence-corrected chi connectivity index (χ3v) is 6.46. The fourth-order valence-corrected chi connectivity index (χ4v) is 4.80. The molecule has 3 atom stereocenters. The van der Waals surface area contributed by atoms with Gasteiger partial charge in [-0.3, -0.25) is 0 Å². The zero-order chi connectivity index (χ0) is 22.2. The van der Waals surface area contributed by atoms with Gasteiger partial charge < -0.3 is 20.1 Å². The first kappa shape index (κ1) is 21.2. The number of alkyl halides is 1. The van der Waals surface area contributed by atoms with E-state index < -0.39 is 6.17 Å². The van der Waals surface area contributed by atoms with Crippen LogP contribution >= 0.6 is 0 Å². The van der Waals surface area contributed by atoms with Crippen LogP contribution in [0.3, 0.4) is 0 Å². The van der Waals surface area contributed by atoms with Gasteiger partial charge in [0.15, 0.2) is 5.82 Å². The SMILES string of the molecule is Cc1nc(N2CCO[C@H](CO)C2)cc(-n2ncc3cc(C)c([C@@H]4CCNC[C@@H]4F)cc32)n1. The molecule has 8 nitrogen and oxygen atoms in total. The minimum Gasteiger partial charge on any atom is -0.394 e. The number of halogens is 1. The lowest BCUT2D eigenvalue weighted by molar-refractivity contribution is 0.00335. The summed E-state index contributed by atoms with van der Waals surface area (Å²) in [4.78, 5) is 11.4. The number of hydrogen-bond acceptors (Lipinski definition) is 7. The second-order valence-corrected chi connectivity index (χ2v) is 8.69. The first-order valence-electron chi connectivity index (χ1n) is 11.2. The van der Waals surface area contributed by atoms with Crippen LogP contribution in [-0.4, -0.2) is 76.5 Å². The summed E-state index contributed by atoms with van der Waals surface area (Å²) >= 11 is 0. The van der Waals surface area contributed by atoms with Crippen molar-refractivity contribution in [3.63, 3.8) is 0 Å². The van der Waals surface area contributed by atoms with Crippen LogP contribution in [0.15, 0.2) is 24.4 Å². The van der Waals surface area contributed by atoms with Crippen LogP contribution in [0.5, 0.6) is 0 Å². The second kappa shape index (κ2) is 8.73. The molecule has 0 saturated carbocycles. The molecule has 2 aromatic heterocycles. The Hall–Kier alpha value is -2.62. The largest absolute Gasteiger partial charge is 0.394 e. The molecule has 0 bridgehead atoms. The number of nitrogens with zero attached hydrogens (tertiary/aromatic N) is 5. The summed E-state index contributed by atoms with van der Waals surface area (Å²) in [5.41, 5.74) is 3.04. The smallest absolute Gasteiger partial charge is 0.159 e. The minimum absolute atomic E-state index is 0.0222. The number of ether oxygens (including phenoxy) is 1.